The highest BCUT2D eigenvalue weighted by atomic mass is 19.1. The van der Waals surface area contributed by atoms with Crippen LogP contribution in [0.3, 0.4) is 0 Å². The molecule has 1 aromatic heterocycles. The lowest BCUT2D eigenvalue weighted by Gasteiger charge is -2.25. The Labute approximate surface area is 116 Å². The summed E-state index contributed by atoms with van der Waals surface area (Å²) < 4.78 is 24.5. The minimum Gasteiger partial charge on any atom is -0.399 e. The molecule has 0 fully saturated rings. The van der Waals surface area contributed by atoms with Crippen LogP contribution in [-0.2, 0) is 10.3 Å². The Kier molecular flexibility index (Phi) is 4.04. The number of anilines is 1. The van der Waals surface area contributed by atoms with E-state index in [1.165, 1.54) is 12.1 Å². The number of rotatable bonds is 5. The number of benzene rings is 1. The second-order valence-corrected chi connectivity index (χ2v) is 4.57. The molecule has 1 heterocycles. The van der Waals surface area contributed by atoms with Gasteiger partial charge in [-0.3, -0.25) is 0 Å². The van der Waals surface area contributed by atoms with Crippen molar-refractivity contribution in [1.29, 1.82) is 0 Å². The van der Waals surface area contributed by atoms with Crippen molar-refractivity contribution in [1.82, 2.24) is 10.1 Å². The van der Waals surface area contributed by atoms with Gasteiger partial charge in [0, 0.05) is 12.8 Å². The smallest absolute Gasteiger partial charge is 0.261 e. The summed E-state index contributed by atoms with van der Waals surface area (Å²) in [5.41, 5.74) is 5.49. The molecule has 108 valence electrons. The molecule has 2 rings (SSSR count). The molecule has 0 amide bonds. The number of hydrogen-bond donors (Lipinski definition) is 1. The van der Waals surface area contributed by atoms with Crippen molar-refractivity contribution in [2.75, 3.05) is 12.8 Å². The van der Waals surface area contributed by atoms with Gasteiger partial charge >= 0.3 is 0 Å². The fourth-order valence-electron chi connectivity index (χ4n) is 2.17. The molecule has 0 saturated heterocycles. The minimum atomic E-state index is -0.605. The van der Waals surface area contributed by atoms with E-state index < -0.39 is 11.4 Å². The number of aromatic nitrogens is 2. The lowest BCUT2D eigenvalue weighted by molar-refractivity contribution is -0.0306. The Morgan fingerprint density at radius 2 is 2.05 bits per heavy atom. The van der Waals surface area contributed by atoms with Crippen LogP contribution in [0.1, 0.15) is 32.5 Å². The van der Waals surface area contributed by atoms with Crippen LogP contribution >= 0.6 is 0 Å². The van der Waals surface area contributed by atoms with Gasteiger partial charge in [-0.25, -0.2) is 4.39 Å². The van der Waals surface area contributed by atoms with E-state index in [-0.39, 0.29) is 11.5 Å². The van der Waals surface area contributed by atoms with Gasteiger partial charge in [-0.2, -0.15) is 4.98 Å². The Balaban J connectivity index is 2.42. The van der Waals surface area contributed by atoms with E-state index in [1.807, 2.05) is 13.8 Å². The molecule has 2 N–H and O–H groups in total. The highest BCUT2D eigenvalue weighted by molar-refractivity contribution is 5.58. The van der Waals surface area contributed by atoms with Crippen LogP contribution in [0.2, 0.25) is 0 Å². The van der Waals surface area contributed by atoms with Gasteiger partial charge in [0.2, 0.25) is 5.82 Å². The maximum Gasteiger partial charge on any atom is 0.261 e. The van der Waals surface area contributed by atoms with Gasteiger partial charge in [0.1, 0.15) is 11.4 Å². The van der Waals surface area contributed by atoms with Gasteiger partial charge in [0.05, 0.1) is 5.56 Å². The van der Waals surface area contributed by atoms with E-state index in [0.29, 0.717) is 24.4 Å². The van der Waals surface area contributed by atoms with Gasteiger partial charge in [0.15, 0.2) is 0 Å². The number of halogens is 1. The molecule has 5 nitrogen and oxygen atoms in total. The second-order valence-electron chi connectivity index (χ2n) is 4.57. The number of nitrogen functional groups attached to an aromatic ring is 1. The van der Waals surface area contributed by atoms with E-state index in [1.54, 1.807) is 13.2 Å². The zero-order valence-corrected chi connectivity index (χ0v) is 11.8. The molecule has 20 heavy (non-hydrogen) atoms. The molecule has 2 aromatic rings. The molecule has 0 bridgehead atoms. The predicted octanol–water partition coefficient (Wildman–Crippen LogP) is 3.12. The molecule has 0 saturated carbocycles. The summed E-state index contributed by atoms with van der Waals surface area (Å²) in [6.07, 6.45) is 1.40. The molecule has 0 aliphatic carbocycles. The van der Waals surface area contributed by atoms with Gasteiger partial charge in [-0.05, 0) is 31.0 Å². The zero-order chi connectivity index (χ0) is 14.8. The highest BCUT2D eigenvalue weighted by Gasteiger charge is 2.34. The summed E-state index contributed by atoms with van der Waals surface area (Å²) in [6.45, 7) is 3.96. The molecule has 0 aliphatic heterocycles. The van der Waals surface area contributed by atoms with Crippen LogP contribution in [0.4, 0.5) is 10.1 Å². The fraction of sp³-hybridized carbons (Fsp3) is 0.429. The first-order valence-electron chi connectivity index (χ1n) is 6.51. The summed E-state index contributed by atoms with van der Waals surface area (Å²) in [5, 5.41) is 3.93. The third-order valence-electron chi connectivity index (χ3n) is 3.59. The lowest BCUT2D eigenvalue weighted by atomic mass is 9.96. The molecule has 0 radical (unpaired) electrons. The quantitative estimate of drug-likeness (QED) is 0.851. The molecule has 0 atom stereocenters. The van der Waals surface area contributed by atoms with E-state index in [2.05, 4.69) is 10.1 Å². The van der Waals surface area contributed by atoms with Crippen molar-refractivity contribution < 1.29 is 13.7 Å². The summed E-state index contributed by atoms with van der Waals surface area (Å²) >= 11 is 0. The normalized spacial score (nSPS) is 11.8. The Morgan fingerprint density at radius 3 is 2.60 bits per heavy atom. The topological polar surface area (TPSA) is 74.2 Å². The van der Waals surface area contributed by atoms with Gasteiger partial charge in [-0.1, -0.05) is 19.0 Å². The Hall–Kier alpha value is -1.95. The van der Waals surface area contributed by atoms with Crippen LogP contribution in [0, 0.1) is 5.82 Å². The lowest BCUT2D eigenvalue weighted by Crippen LogP contribution is -2.28. The SMILES string of the molecule is CCC(CC)(OC)c1noc(-c2ccc(N)cc2F)n1. The molecular weight excluding hydrogens is 261 g/mol. The zero-order valence-electron chi connectivity index (χ0n) is 11.8. The first kappa shape index (κ1) is 14.5. The molecular formula is C14H18FN3O2. The van der Waals surface area contributed by atoms with Crippen molar-refractivity contribution in [3.63, 3.8) is 0 Å². The largest absolute Gasteiger partial charge is 0.399 e. The number of nitrogens with zero attached hydrogens (tertiary/aromatic N) is 2. The van der Waals surface area contributed by atoms with Crippen LogP contribution in [-0.4, -0.2) is 17.3 Å². The number of hydrogen-bond acceptors (Lipinski definition) is 5. The van der Waals surface area contributed by atoms with Crippen LogP contribution < -0.4 is 5.73 Å². The minimum absolute atomic E-state index is 0.126. The van der Waals surface area contributed by atoms with Crippen molar-refractivity contribution >= 4 is 5.69 Å². The van der Waals surface area contributed by atoms with Crippen molar-refractivity contribution in [2.24, 2.45) is 0 Å². The summed E-state index contributed by atoms with van der Waals surface area (Å²) in [6, 6.07) is 4.34. The van der Waals surface area contributed by atoms with E-state index >= 15 is 0 Å². The van der Waals surface area contributed by atoms with Crippen molar-refractivity contribution in [3.8, 4) is 11.5 Å². The van der Waals surface area contributed by atoms with Crippen molar-refractivity contribution in [3.05, 3.63) is 29.8 Å². The maximum absolute atomic E-state index is 13.8. The highest BCUT2D eigenvalue weighted by Crippen LogP contribution is 2.32. The first-order valence-corrected chi connectivity index (χ1v) is 6.51. The molecule has 6 heteroatoms. The van der Waals surface area contributed by atoms with Gasteiger partial charge in [-0.15, -0.1) is 0 Å². The fourth-order valence-corrected chi connectivity index (χ4v) is 2.17. The average molecular weight is 279 g/mol. The molecule has 1 aromatic carbocycles. The summed E-state index contributed by atoms with van der Waals surface area (Å²) in [7, 11) is 1.60. The third kappa shape index (κ3) is 2.38. The van der Waals surface area contributed by atoms with Crippen LogP contribution in [0.15, 0.2) is 22.7 Å². The Bertz CT molecular complexity index is 586. The van der Waals surface area contributed by atoms with Crippen molar-refractivity contribution in [2.45, 2.75) is 32.3 Å². The van der Waals surface area contributed by atoms with Crippen LogP contribution in [0.25, 0.3) is 11.5 Å². The summed E-state index contributed by atoms with van der Waals surface area (Å²) in [5.74, 6) is 0.0632. The average Bonchev–Trinajstić information content (AvgIpc) is 2.91. The van der Waals surface area contributed by atoms with Crippen LogP contribution in [0.5, 0.6) is 0 Å². The first-order chi connectivity index (χ1) is 9.56. The monoisotopic (exact) mass is 279 g/mol. The second kappa shape index (κ2) is 5.58. The number of methoxy groups -OCH3 is 1. The molecule has 0 aliphatic rings. The Morgan fingerprint density at radius 1 is 1.35 bits per heavy atom. The predicted molar refractivity (Wildman–Crippen MR) is 73.4 cm³/mol. The van der Waals surface area contributed by atoms with E-state index in [0.717, 1.165) is 0 Å². The maximum atomic E-state index is 13.8. The standard InChI is InChI=1S/C14H18FN3O2/c1-4-14(5-2,19-3)13-17-12(20-18-13)10-7-6-9(16)8-11(10)15/h6-8H,4-5,16H2,1-3H3. The van der Waals surface area contributed by atoms with Gasteiger partial charge in [0.25, 0.3) is 5.89 Å². The van der Waals surface area contributed by atoms with Gasteiger partial charge < -0.3 is 15.0 Å². The van der Waals surface area contributed by atoms with E-state index in [9.17, 15) is 4.39 Å². The number of ether oxygens (including phenoxy) is 1. The number of nitrogens with two attached hydrogens (primary N) is 1. The molecule has 0 unspecified atom stereocenters. The third-order valence-corrected chi connectivity index (χ3v) is 3.59. The molecule has 0 spiro atoms. The van der Waals surface area contributed by atoms with E-state index in [4.69, 9.17) is 15.0 Å². The summed E-state index contributed by atoms with van der Waals surface area (Å²) in [4.78, 5) is 4.27.